The number of aryl methyl sites for hydroxylation is 1. The fourth-order valence-electron chi connectivity index (χ4n) is 9.47. The van der Waals surface area contributed by atoms with Gasteiger partial charge in [0, 0.05) is 80.8 Å². The van der Waals surface area contributed by atoms with Crippen molar-refractivity contribution in [3.8, 4) is 0 Å². The number of hydrogen-bond donors (Lipinski definition) is 3. The lowest BCUT2D eigenvalue weighted by Crippen LogP contribution is -2.45. The zero-order valence-corrected chi connectivity index (χ0v) is 30.1. The minimum atomic E-state index is -2.74. The maximum absolute atomic E-state index is 14.4. The third-order valence-electron chi connectivity index (χ3n) is 12.8. The van der Waals surface area contributed by atoms with E-state index < -0.39 is 35.1 Å². The summed E-state index contributed by atoms with van der Waals surface area (Å²) in [4.78, 5) is 68.7. The summed E-state index contributed by atoms with van der Waals surface area (Å²) in [7, 11) is 1.69. The van der Waals surface area contributed by atoms with Crippen LogP contribution in [0, 0.1) is 17.3 Å². The number of H-pyrrole nitrogens is 1. The number of piperidine rings is 3. The summed E-state index contributed by atoms with van der Waals surface area (Å²) in [5.74, 6) is -4.76. The molecule has 6 heterocycles. The lowest BCUT2D eigenvalue weighted by Gasteiger charge is -2.38. The Bertz CT molecular complexity index is 2270. The van der Waals surface area contributed by atoms with Gasteiger partial charge in [-0.25, -0.2) is 13.6 Å². The van der Waals surface area contributed by atoms with Crippen LogP contribution in [-0.4, -0.2) is 89.7 Å². The number of carbonyl (C=O) groups is 4. The van der Waals surface area contributed by atoms with Crippen molar-refractivity contribution in [3.05, 3.63) is 58.0 Å². The largest absolute Gasteiger partial charge is 0.370 e. The van der Waals surface area contributed by atoms with Gasteiger partial charge in [-0.2, -0.15) is 10.2 Å². The van der Waals surface area contributed by atoms with E-state index in [4.69, 9.17) is 0 Å². The van der Waals surface area contributed by atoms with Crippen LogP contribution in [0.2, 0.25) is 0 Å². The molecule has 0 bridgehead atoms. The number of imide groups is 1. The van der Waals surface area contributed by atoms with Crippen LogP contribution in [0.3, 0.4) is 0 Å². The second kappa shape index (κ2) is 12.3. The van der Waals surface area contributed by atoms with Gasteiger partial charge in [0.05, 0.1) is 34.6 Å². The molecule has 3 atom stereocenters. The number of imidazole rings is 1. The van der Waals surface area contributed by atoms with Crippen LogP contribution in [0.5, 0.6) is 0 Å². The Balaban J connectivity index is 0.793. The van der Waals surface area contributed by atoms with Crippen LogP contribution in [-0.2, 0) is 34.3 Å². The van der Waals surface area contributed by atoms with E-state index in [9.17, 15) is 32.8 Å². The number of likely N-dealkylation sites (tertiary alicyclic amines) is 1. The van der Waals surface area contributed by atoms with Gasteiger partial charge in [-0.15, -0.1) is 0 Å². The van der Waals surface area contributed by atoms with Gasteiger partial charge in [0.15, 0.2) is 5.69 Å². The third kappa shape index (κ3) is 5.28. The van der Waals surface area contributed by atoms with Crippen LogP contribution in [0.15, 0.2) is 35.4 Å². The number of aromatic nitrogens is 6. The molecule has 2 aliphatic carbocycles. The molecular formula is C37H42F2N10O5. The van der Waals surface area contributed by atoms with Crippen molar-refractivity contribution < 1.29 is 28.0 Å². The third-order valence-corrected chi connectivity index (χ3v) is 12.8. The number of nitrogens with one attached hydrogen (secondary N) is 3. The van der Waals surface area contributed by atoms with Crippen molar-refractivity contribution in [1.29, 1.82) is 0 Å². The first-order valence-electron chi connectivity index (χ1n) is 18.7. The lowest BCUT2D eigenvalue weighted by molar-refractivity contribution is -0.138. The second-order valence-corrected chi connectivity index (χ2v) is 15.8. The number of nitrogens with zero attached hydrogens (tertiary/aromatic N) is 7. The average Bonchev–Trinajstić information content (AvgIpc) is 3.68. The second-order valence-electron chi connectivity index (χ2n) is 15.8. The maximum Gasteiger partial charge on any atom is 0.329 e. The Morgan fingerprint density at radius 2 is 1.78 bits per heavy atom. The Labute approximate surface area is 308 Å². The van der Waals surface area contributed by atoms with E-state index in [1.54, 1.807) is 30.9 Å². The van der Waals surface area contributed by atoms with Crippen LogP contribution < -0.4 is 21.2 Å². The summed E-state index contributed by atoms with van der Waals surface area (Å²) in [5, 5.41) is 16.6. The summed E-state index contributed by atoms with van der Waals surface area (Å²) in [6.45, 7) is 4.04. The number of benzene rings is 1. The first-order chi connectivity index (χ1) is 25.9. The number of alkyl halides is 2. The van der Waals surface area contributed by atoms with Gasteiger partial charge in [-0.05, 0) is 50.7 Å². The van der Waals surface area contributed by atoms with E-state index >= 15 is 0 Å². The summed E-state index contributed by atoms with van der Waals surface area (Å²) in [5.41, 5.74) is 2.64. The molecule has 1 saturated carbocycles. The predicted molar refractivity (Wildman–Crippen MR) is 191 cm³/mol. The molecule has 54 heavy (non-hydrogen) atoms. The first-order valence-corrected chi connectivity index (χ1v) is 18.7. The molecule has 3 aliphatic heterocycles. The highest BCUT2D eigenvalue weighted by Crippen LogP contribution is 2.70. The fourth-order valence-corrected chi connectivity index (χ4v) is 9.47. The number of aromatic amines is 1. The van der Waals surface area contributed by atoms with Crippen LogP contribution >= 0.6 is 0 Å². The molecule has 4 fully saturated rings. The molecule has 3 aromatic heterocycles. The number of para-hydroxylation sites is 1. The SMILES string of the molecule is Cn1c(=O)n([C@@H]2CCC(=O)NC2=O)c2cccc(N3CCC(C(=O)N4CCC(n5cc(NC(=O)c6n[nH]c7c6C[C@@H]6C(F)(F)[C@]6(C)C7)cn5)CC4)CC3)c21. The predicted octanol–water partition coefficient (Wildman–Crippen LogP) is 2.94. The molecule has 0 spiro atoms. The highest BCUT2D eigenvalue weighted by molar-refractivity contribution is 6.04. The molecule has 4 amide bonds. The maximum atomic E-state index is 14.4. The molecule has 5 aliphatic rings. The Kier molecular flexibility index (Phi) is 7.87. The molecule has 4 aromatic rings. The summed E-state index contributed by atoms with van der Waals surface area (Å²) < 4.78 is 33.6. The van der Waals surface area contributed by atoms with E-state index in [0.717, 1.165) is 11.2 Å². The number of amides is 4. The number of hydrogen-bond acceptors (Lipinski definition) is 8. The van der Waals surface area contributed by atoms with Crippen LogP contribution in [0.4, 0.5) is 20.2 Å². The Morgan fingerprint density at radius 3 is 2.52 bits per heavy atom. The van der Waals surface area contributed by atoms with Crippen molar-refractivity contribution in [2.45, 2.75) is 76.3 Å². The summed E-state index contributed by atoms with van der Waals surface area (Å²) in [6, 6.07) is 4.95. The monoisotopic (exact) mass is 744 g/mol. The highest BCUT2D eigenvalue weighted by Gasteiger charge is 2.78. The molecule has 3 N–H and O–H groups in total. The van der Waals surface area contributed by atoms with Crippen LogP contribution in [0.1, 0.15) is 79.3 Å². The molecule has 15 nitrogen and oxygen atoms in total. The average molecular weight is 745 g/mol. The number of rotatable bonds is 6. The fraction of sp³-hybridized carbons (Fsp3) is 0.541. The molecule has 0 radical (unpaired) electrons. The van der Waals surface area contributed by atoms with Crippen molar-refractivity contribution in [2.75, 3.05) is 36.4 Å². The standard InChI is InChI=1S/C37H42F2N10O5/c1-36-17-24-23(16-28(36)37(36,38)39)30(44-43-24)33(52)41-21-18-40-48(19-21)22-10-14-47(15-11-22)34(53)20-8-12-46(13-9-20)25-4-3-5-26-31(25)45(2)35(54)49(26)27-6-7-29(50)42-32(27)51/h3-5,18-20,22,27-28H,6-17H2,1-2H3,(H,41,52)(H,43,44)(H,42,50,51)/t27-,28+,36-/m1/s1. The minimum Gasteiger partial charge on any atom is -0.370 e. The lowest BCUT2D eigenvalue weighted by atomic mass is 9.87. The van der Waals surface area contributed by atoms with Gasteiger partial charge in [-0.3, -0.25) is 43.4 Å². The number of carbonyl (C=O) groups excluding carboxylic acids is 4. The smallest absolute Gasteiger partial charge is 0.329 e. The van der Waals surface area contributed by atoms with Crippen molar-refractivity contribution >= 4 is 46.0 Å². The Hall–Kier alpha value is -5.35. The van der Waals surface area contributed by atoms with Gasteiger partial charge >= 0.3 is 5.69 Å². The van der Waals surface area contributed by atoms with Gasteiger partial charge in [0.2, 0.25) is 17.7 Å². The normalized spacial score (nSPS) is 25.7. The molecule has 1 aromatic carbocycles. The molecule has 0 unspecified atom stereocenters. The number of halogens is 2. The molecule has 284 valence electrons. The van der Waals surface area contributed by atoms with Gasteiger partial charge in [-0.1, -0.05) is 13.0 Å². The summed E-state index contributed by atoms with van der Waals surface area (Å²) >= 11 is 0. The molecule has 17 heteroatoms. The van der Waals surface area contributed by atoms with Crippen molar-refractivity contribution in [3.63, 3.8) is 0 Å². The van der Waals surface area contributed by atoms with Gasteiger partial charge in [0.1, 0.15) is 6.04 Å². The zero-order valence-electron chi connectivity index (χ0n) is 30.1. The number of fused-ring (bicyclic) bond motifs is 3. The molecule has 9 rings (SSSR count). The van der Waals surface area contributed by atoms with E-state index in [-0.39, 0.29) is 60.8 Å². The molecule has 3 saturated heterocycles. The highest BCUT2D eigenvalue weighted by atomic mass is 19.3. The molecular weight excluding hydrogens is 702 g/mol. The zero-order chi connectivity index (χ0) is 37.7. The Morgan fingerprint density at radius 1 is 1.02 bits per heavy atom. The topological polar surface area (TPSA) is 172 Å². The quantitative estimate of drug-likeness (QED) is 0.253. The van der Waals surface area contributed by atoms with Crippen molar-refractivity contribution in [1.82, 2.24) is 39.3 Å². The van der Waals surface area contributed by atoms with E-state index in [2.05, 4.69) is 30.8 Å². The summed E-state index contributed by atoms with van der Waals surface area (Å²) in [6.07, 6.45) is 6.81. The van der Waals surface area contributed by atoms with E-state index in [0.29, 0.717) is 74.3 Å². The van der Waals surface area contributed by atoms with Gasteiger partial charge in [0.25, 0.3) is 11.8 Å². The van der Waals surface area contributed by atoms with E-state index in [1.165, 1.54) is 4.57 Å². The number of anilines is 2. The van der Waals surface area contributed by atoms with E-state index in [1.807, 2.05) is 27.8 Å². The van der Waals surface area contributed by atoms with Gasteiger partial charge < -0.3 is 15.1 Å². The first kappa shape index (κ1) is 34.4. The van der Waals surface area contributed by atoms with Crippen LogP contribution in [0.25, 0.3) is 11.0 Å². The van der Waals surface area contributed by atoms with Crippen molar-refractivity contribution in [2.24, 2.45) is 24.3 Å². The minimum absolute atomic E-state index is 0.0501.